The quantitative estimate of drug-likeness (QED) is 0.900. The highest BCUT2D eigenvalue weighted by atomic mass is 19.1. The topological polar surface area (TPSA) is 39.1 Å². The molecule has 2 rings (SSSR count). The molecule has 102 valence electrons. The molecule has 0 spiro atoms. The van der Waals surface area contributed by atoms with Crippen molar-refractivity contribution in [3.63, 3.8) is 0 Å². The SMILES string of the molecule is CCn1cc(Oc2ccc(C(C)NC)cc2F)cn1. The van der Waals surface area contributed by atoms with Gasteiger partial charge in [-0.2, -0.15) is 5.10 Å². The lowest BCUT2D eigenvalue weighted by molar-refractivity contribution is 0.440. The first kappa shape index (κ1) is 13.5. The average molecular weight is 263 g/mol. The first-order valence-corrected chi connectivity index (χ1v) is 6.31. The fourth-order valence-electron chi connectivity index (χ4n) is 1.73. The maximum atomic E-state index is 13.9. The smallest absolute Gasteiger partial charge is 0.166 e. The molecule has 4 nitrogen and oxygen atoms in total. The van der Waals surface area contributed by atoms with E-state index in [0.29, 0.717) is 5.75 Å². The van der Waals surface area contributed by atoms with Crippen LogP contribution >= 0.6 is 0 Å². The summed E-state index contributed by atoms with van der Waals surface area (Å²) in [6.45, 7) is 4.70. The molecule has 1 heterocycles. The zero-order valence-corrected chi connectivity index (χ0v) is 11.4. The van der Waals surface area contributed by atoms with Crippen molar-refractivity contribution in [1.82, 2.24) is 15.1 Å². The Balaban J connectivity index is 2.17. The monoisotopic (exact) mass is 263 g/mol. The van der Waals surface area contributed by atoms with E-state index in [9.17, 15) is 4.39 Å². The summed E-state index contributed by atoms with van der Waals surface area (Å²) in [5, 5.41) is 7.15. The number of halogens is 1. The minimum Gasteiger partial charge on any atom is -0.451 e. The molecule has 5 heteroatoms. The molecule has 0 saturated heterocycles. The molecule has 0 fully saturated rings. The Bertz CT molecular complexity index is 553. The van der Waals surface area contributed by atoms with Crippen LogP contribution < -0.4 is 10.1 Å². The van der Waals surface area contributed by atoms with E-state index in [1.807, 2.05) is 27.0 Å². The van der Waals surface area contributed by atoms with Gasteiger partial charge in [0.25, 0.3) is 0 Å². The molecule has 19 heavy (non-hydrogen) atoms. The molecule has 2 aromatic rings. The van der Waals surface area contributed by atoms with Gasteiger partial charge in [-0.25, -0.2) is 4.39 Å². The minimum absolute atomic E-state index is 0.103. The van der Waals surface area contributed by atoms with Gasteiger partial charge < -0.3 is 10.1 Å². The summed E-state index contributed by atoms with van der Waals surface area (Å²) in [5.74, 6) is 0.377. The maximum Gasteiger partial charge on any atom is 0.166 e. The van der Waals surface area contributed by atoms with Crippen molar-refractivity contribution in [3.8, 4) is 11.5 Å². The lowest BCUT2D eigenvalue weighted by Crippen LogP contribution is -2.12. The Labute approximate surface area is 112 Å². The van der Waals surface area contributed by atoms with Crippen LogP contribution in [0, 0.1) is 5.82 Å². The van der Waals surface area contributed by atoms with Crippen molar-refractivity contribution in [2.24, 2.45) is 0 Å². The zero-order chi connectivity index (χ0) is 13.8. The number of nitrogens with one attached hydrogen (secondary N) is 1. The summed E-state index contributed by atoms with van der Waals surface area (Å²) < 4.78 is 21.1. The van der Waals surface area contributed by atoms with Crippen LogP contribution in [-0.4, -0.2) is 16.8 Å². The number of hydrogen-bond acceptors (Lipinski definition) is 3. The molecule has 1 unspecified atom stereocenters. The number of benzene rings is 1. The molecule has 0 saturated carbocycles. The Morgan fingerprint density at radius 2 is 2.26 bits per heavy atom. The highest BCUT2D eigenvalue weighted by molar-refractivity contribution is 5.34. The predicted octanol–water partition coefficient (Wildman–Crippen LogP) is 3.11. The lowest BCUT2D eigenvalue weighted by Gasteiger charge is -2.12. The number of aromatic nitrogens is 2. The summed E-state index contributed by atoms with van der Waals surface area (Å²) in [7, 11) is 1.84. The molecule has 0 aliphatic rings. The largest absolute Gasteiger partial charge is 0.451 e. The maximum absolute atomic E-state index is 13.9. The molecule has 0 amide bonds. The second kappa shape index (κ2) is 5.84. The van der Waals surface area contributed by atoms with Crippen LogP contribution in [0.3, 0.4) is 0 Å². The molecule has 1 aromatic carbocycles. The van der Waals surface area contributed by atoms with E-state index in [1.165, 1.54) is 6.07 Å². The molecule has 0 aliphatic heterocycles. The highest BCUT2D eigenvalue weighted by Gasteiger charge is 2.10. The van der Waals surface area contributed by atoms with E-state index in [2.05, 4.69) is 10.4 Å². The number of rotatable bonds is 5. The predicted molar refractivity (Wildman–Crippen MR) is 71.8 cm³/mol. The first-order valence-electron chi connectivity index (χ1n) is 6.31. The van der Waals surface area contributed by atoms with Crippen molar-refractivity contribution in [2.75, 3.05) is 7.05 Å². The van der Waals surface area contributed by atoms with Crippen molar-refractivity contribution in [3.05, 3.63) is 42.0 Å². The molecule has 1 N–H and O–H groups in total. The van der Waals surface area contributed by atoms with Gasteiger partial charge in [0.15, 0.2) is 17.3 Å². The second-order valence-electron chi connectivity index (χ2n) is 4.33. The van der Waals surface area contributed by atoms with E-state index >= 15 is 0 Å². The Hall–Kier alpha value is -1.88. The average Bonchev–Trinajstić information content (AvgIpc) is 2.88. The normalized spacial score (nSPS) is 12.4. The van der Waals surface area contributed by atoms with E-state index in [-0.39, 0.29) is 17.6 Å². The molecule has 0 bridgehead atoms. The van der Waals surface area contributed by atoms with Crippen LogP contribution in [0.2, 0.25) is 0 Å². The van der Waals surface area contributed by atoms with Crippen LogP contribution in [-0.2, 0) is 6.54 Å². The molecular formula is C14H18FN3O. The summed E-state index contributed by atoms with van der Waals surface area (Å²) in [5.41, 5.74) is 0.886. The lowest BCUT2D eigenvalue weighted by atomic mass is 10.1. The Morgan fingerprint density at radius 1 is 1.47 bits per heavy atom. The number of aryl methyl sites for hydroxylation is 1. The second-order valence-corrected chi connectivity index (χ2v) is 4.33. The molecule has 1 aromatic heterocycles. The van der Waals surface area contributed by atoms with Gasteiger partial charge in [-0.3, -0.25) is 4.68 Å². The fraction of sp³-hybridized carbons (Fsp3) is 0.357. The van der Waals surface area contributed by atoms with Crippen LogP contribution in [0.25, 0.3) is 0 Å². The first-order chi connectivity index (χ1) is 9.13. The third-order valence-corrected chi connectivity index (χ3v) is 3.05. The molecular weight excluding hydrogens is 245 g/mol. The standard InChI is InChI=1S/C14H18FN3O/c1-4-18-9-12(8-17-18)19-14-6-5-11(7-13(14)15)10(2)16-3/h5-10,16H,4H2,1-3H3. The zero-order valence-electron chi connectivity index (χ0n) is 11.4. The van der Waals surface area contributed by atoms with Gasteiger partial charge in [0.05, 0.1) is 12.4 Å². The fourth-order valence-corrected chi connectivity index (χ4v) is 1.73. The number of nitrogens with zero attached hydrogens (tertiary/aromatic N) is 2. The third-order valence-electron chi connectivity index (χ3n) is 3.05. The van der Waals surface area contributed by atoms with Gasteiger partial charge in [-0.05, 0) is 38.6 Å². The van der Waals surface area contributed by atoms with Crippen molar-refractivity contribution in [2.45, 2.75) is 26.4 Å². The van der Waals surface area contributed by atoms with Crippen LogP contribution in [0.5, 0.6) is 11.5 Å². The number of ether oxygens (including phenoxy) is 1. The van der Waals surface area contributed by atoms with Crippen LogP contribution in [0.15, 0.2) is 30.6 Å². The van der Waals surface area contributed by atoms with E-state index in [0.717, 1.165) is 12.1 Å². The van der Waals surface area contributed by atoms with Gasteiger partial charge in [0.1, 0.15) is 0 Å². The highest BCUT2D eigenvalue weighted by Crippen LogP contribution is 2.26. The van der Waals surface area contributed by atoms with E-state index < -0.39 is 0 Å². The Morgan fingerprint density at radius 3 is 2.84 bits per heavy atom. The number of hydrogen-bond donors (Lipinski definition) is 1. The summed E-state index contributed by atoms with van der Waals surface area (Å²) in [6, 6.07) is 5.08. The van der Waals surface area contributed by atoms with Gasteiger partial charge >= 0.3 is 0 Å². The van der Waals surface area contributed by atoms with E-state index in [1.54, 1.807) is 23.1 Å². The van der Waals surface area contributed by atoms with Gasteiger partial charge in [0.2, 0.25) is 0 Å². The Kier molecular flexibility index (Phi) is 4.16. The third kappa shape index (κ3) is 3.12. The van der Waals surface area contributed by atoms with E-state index in [4.69, 9.17) is 4.74 Å². The van der Waals surface area contributed by atoms with Crippen LogP contribution in [0.4, 0.5) is 4.39 Å². The molecule has 1 atom stereocenters. The van der Waals surface area contributed by atoms with Crippen molar-refractivity contribution >= 4 is 0 Å². The van der Waals surface area contributed by atoms with Gasteiger partial charge in [0, 0.05) is 12.6 Å². The van der Waals surface area contributed by atoms with Gasteiger partial charge in [-0.15, -0.1) is 0 Å². The van der Waals surface area contributed by atoms with Crippen LogP contribution in [0.1, 0.15) is 25.5 Å². The summed E-state index contributed by atoms with van der Waals surface area (Å²) >= 11 is 0. The van der Waals surface area contributed by atoms with Crippen molar-refractivity contribution < 1.29 is 9.13 Å². The summed E-state index contributed by atoms with van der Waals surface area (Å²) in [6.07, 6.45) is 3.32. The molecule has 0 radical (unpaired) electrons. The summed E-state index contributed by atoms with van der Waals surface area (Å²) in [4.78, 5) is 0. The van der Waals surface area contributed by atoms with Crippen molar-refractivity contribution in [1.29, 1.82) is 0 Å². The van der Waals surface area contributed by atoms with Gasteiger partial charge in [-0.1, -0.05) is 6.07 Å². The minimum atomic E-state index is -0.371. The molecule has 0 aliphatic carbocycles.